The number of halogens is 2. The van der Waals surface area contributed by atoms with Gasteiger partial charge in [-0.3, -0.25) is 0 Å². The van der Waals surface area contributed by atoms with Crippen molar-refractivity contribution in [2.75, 3.05) is 33.9 Å². The van der Waals surface area contributed by atoms with E-state index in [4.69, 9.17) is 4.74 Å². The fraction of sp³-hybridized carbons (Fsp3) is 0.259. The molecule has 3 aromatic rings. The molecule has 0 aliphatic rings. The Hall–Kier alpha value is -2.11. The maximum Gasteiger partial charge on any atom is 0.119 e. The molecule has 0 radical (unpaired) electrons. The molecule has 170 valence electrons. The lowest BCUT2D eigenvalue weighted by molar-refractivity contribution is 0.261. The SMILES string of the molecule is CN(C)CCOc1ccc(/C(=C(/CCCO)c2ccccc2)c2ccc(Br)cc2)cc1.Cl. The summed E-state index contributed by atoms with van der Waals surface area (Å²) in [5.74, 6) is 0.873. The van der Waals surface area contributed by atoms with Crippen molar-refractivity contribution in [1.82, 2.24) is 4.90 Å². The van der Waals surface area contributed by atoms with Gasteiger partial charge in [0.1, 0.15) is 12.4 Å². The van der Waals surface area contributed by atoms with Gasteiger partial charge in [-0.1, -0.05) is 70.5 Å². The van der Waals surface area contributed by atoms with Crippen molar-refractivity contribution in [2.45, 2.75) is 12.8 Å². The van der Waals surface area contributed by atoms with E-state index in [-0.39, 0.29) is 19.0 Å². The van der Waals surface area contributed by atoms with Crippen molar-refractivity contribution in [1.29, 1.82) is 0 Å². The first-order chi connectivity index (χ1) is 15.1. The summed E-state index contributed by atoms with van der Waals surface area (Å²) < 4.78 is 6.94. The van der Waals surface area contributed by atoms with Crippen LogP contribution in [0.15, 0.2) is 83.3 Å². The first-order valence-corrected chi connectivity index (χ1v) is 11.4. The van der Waals surface area contributed by atoms with Gasteiger partial charge in [0.25, 0.3) is 0 Å². The zero-order valence-electron chi connectivity index (χ0n) is 18.6. The number of aliphatic hydroxyl groups is 1. The third-order valence-electron chi connectivity index (χ3n) is 5.09. The summed E-state index contributed by atoms with van der Waals surface area (Å²) in [4.78, 5) is 2.11. The lowest BCUT2D eigenvalue weighted by Gasteiger charge is -2.18. The molecule has 32 heavy (non-hydrogen) atoms. The third-order valence-corrected chi connectivity index (χ3v) is 5.62. The molecule has 5 heteroatoms. The first-order valence-electron chi connectivity index (χ1n) is 10.6. The lowest BCUT2D eigenvalue weighted by atomic mass is 9.87. The van der Waals surface area contributed by atoms with Crippen LogP contribution in [0.3, 0.4) is 0 Å². The highest BCUT2D eigenvalue weighted by Crippen LogP contribution is 2.36. The zero-order chi connectivity index (χ0) is 22.1. The van der Waals surface area contributed by atoms with Gasteiger partial charge in [0.2, 0.25) is 0 Å². The van der Waals surface area contributed by atoms with Crippen LogP contribution in [0.1, 0.15) is 29.5 Å². The monoisotopic (exact) mass is 515 g/mol. The van der Waals surface area contributed by atoms with Crippen molar-refractivity contribution >= 4 is 39.5 Å². The largest absolute Gasteiger partial charge is 0.492 e. The number of nitrogens with zero attached hydrogens (tertiary/aromatic N) is 1. The molecule has 0 saturated carbocycles. The fourth-order valence-corrected chi connectivity index (χ4v) is 3.77. The maximum absolute atomic E-state index is 9.53. The van der Waals surface area contributed by atoms with Crippen molar-refractivity contribution < 1.29 is 9.84 Å². The third kappa shape index (κ3) is 7.49. The minimum absolute atomic E-state index is 0. The highest BCUT2D eigenvalue weighted by atomic mass is 79.9. The van der Waals surface area contributed by atoms with E-state index in [1.165, 1.54) is 16.7 Å². The quantitative estimate of drug-likeness (QED) is 0.310. The van der Waals surface area contributed by atoms with Gasteiger partial charge >= 0.3 is 0 Å². The molecule has 0 fully saturated rings. The molecule has 0 aliphatic carbocycles. The number of rotatable bonds is 10. The summed E-state index contributed by atoms with van der Waals surface area (Å²) in [5.41, 5.74) is 5.89. The second kappa shape index (κ2) is 13.4. The van der Waals surface area contributed by atoms with Crippen LogP contribution in [0.2, 0.25) is 0 Å². The normalized spacial score (nSPS) is 11.7. The molecule has 3 rings (SSSR count). The number of ether oxygens (including phenoxy) is 1. The lowest BCUT2D eigenvalue weighted by Crippen LogP contribution is -2.19. The Bertz CT molecular complexity index is 971. The van der Waals surface area contributed by atoms with Crippen LogP contribution in [0.25, 0.3) is 11.1 Å². The van der Waals surface area contributed by atoms with Gasteiger partial charge in [0.15, 0.2) is 0 Å². The number of hydrogen-bond donors (Lipinski definition) is 1. The van der Waals surface area contributed by atoms with E-state index in [1.54, 1.807) is 0 Å². The molecule has 1 N–H and O–H groups in total. The highest BCUT2D eigenvalue weighted by Gasteiger charge is 2.14. The topological polar surface area (TPSA) is 32.7 Å². The van der Waals surface area contributed by atoms with Crippen LogP contribution in [0.4, 0.5) is 0 Å². The minimum atomic E-state index is 0. The summed E-state index contributed by atoms with van der Waals surface area (Å²) in [6.07, 6.45) is 1.52. The number of aliphatic hydroxyl groups excluding tert-OH is 1. The van der Waals surface area contributed by atoms with E-state index in [9.17, 15) is 5.11 Å². The summed E-state index contributed by atoms with van der Waals surface area (Å²) >= 11 is 3.55. The summed E-state index contributed by atoms with van der Waals surface area (Å²) in [5, 5.41) is 9.53. The summed E-state index contributed by atoms with van der Waals surface area (Å²) in [6.45, 7) is 1.71. The van der Waals surface area contributed by atoms with Crippen molar-refractivity contribution in [3.05, 3.63) is 100 Å². The molecule has 0 atom stereocenters. The van der Waals surface area contributed by atoms with E-state index in [0.717, 1.165) is 40.7 Å². The average Bonchev–Trinajstić information content (AvgIpc) is 2.79. The van der Waals surface area contributed by atoms with Crippen LogP contribution >= 0.6 is 28.3 Å². The van der Waals surface area contributed by atoms with Crippen molar-refractivity contribution in [3.63, 3.8) is 0 Å². The Labute approximate surface area is 206 Å². The van der Waals surface area contributed by atoms with Crippen molar-refractivity contribution in [2.24, 2.45) is 0 Å². The number of hydrogen-bond acceptors (Lipinski definition) is 3. The van der Waals surface area contributed by atoms with Crippen LogP contribution in [-0.2, 0) is 0 Å². The maximum atomic E-state index is 9.53. The molecule has 0 saturated heterocycles. The fourth-order valence-electron chi connectivity index (χ4n) is 3.50. The van der Waals surface area contributed by atoms with Gasteiger partial charge in [-0.15, -0.1) is 12.4 Å². The Morgan fingerprint density at radius 3 is 2.00 bits per heavy atom. The molecule has 0 amide bonds. The van der Waals surface area contributed by atoms with Gasteiger partial charge in [0, 0.05) is 17.6 Å². The molecule has 0 spiro atoms. The second-order valence-electron chi connectivity index (χ2n) is 7.73. The van der Waals surface area contributed by atoms with Gasteiger partial charge < -0.3 is 14.7 Å². The average molecular weight is 517 g/mol. The summed E-state index contributed by atoms with van der Waals surface area (Å²) in [7, 11) is 4.08. The highest BCUT2D eigenvalue weighted by molar-refractivity contribution is 9.10. The van der Waals surface area contributed by atoms with Gasteiger partial charge in [0.05, 0.1) is 0 Å². The molecule has 0 aromatic heterocycles. The smallest absolute Gasteiger partial charge is 0.119 e. The van der Waals surface area contributed by atoms with Gasteiger partial charge in [-0.05, 0) is 79.0 Å². The number of benzene rings is 3. The Morgan fingerprint density at radius 2 is 1.44 bits per heavy atom. The van der Waals surface area contributed by atoms with Crippen LogP contribution in [0.5, 0.6) is 5.75 Å². The van der Waals surface area contributed by atoms with Crippen LogP contribution < -0.4 is 4.74 Å². The summed E-state index contributed by atoms with van der Waals surface area (Å²) in [6, 6.07) is 27.2. The van der Waals surface area contributed by atoms with E-state index >= 15 is 0 Å². The van der Waals surface area contributed by atoms with Gasteiger partial charge in [-0.25, -0.2) is 0 Å². The molecule has 3 aromatic carbocycles. The predicted molar refractivity (Wildman–Crippen MR) is 141 cm³/mol. The van der Waals surface area contributed by atoms with E-state index in [2.05, 4.69) is 81.5 Å². The van der Waals surface area contributed by atoms with Gasteiger partial charge in [-0.2, -0.15) is 0 Å². The number of likely N-dealkylation sites (N-methyl/N-ethyl adjacent to an activating group) is 1. The molecule has 0 unspecified atom stereocenters. The molecule has 0 aliphatic heterocycles. The molecule has 0 bridgehead atoms. The standard InChI is InChI=1S/C27H30BrNO2.ClH/c1-29(2)18-20-31-25-16-12-23(13-17-25)27(22-10-14-24(28)15-11-22)26(9-6-19-30)21-7-4-3-5-8-21;/h3-5,7-8,10-17,30H,6,9,18-20H2,1-2H3;1H/b27-26-;. The second-order valence-corrected chi connectivity index (χ2v) is 8.65. The Morgan fingerprint density at radius 1 is 0.844 bits per heavy atom. The molecular weight excluding hydrogens is 486 g/mol. The molecule has 0 heterocycles. The van der Waals surface area contributed by atoms with E-state index in [0.29, 0.717) is 6.61 Å². The Balaban J connectivity index is 0.00000363. The predicted octanol–water partition coefficient (Wildman–Crippen LogP) is 6.54. The van der Waals surface area contributed by atoms with Crippen LogP contribution in [-0.4, -0.2) is 43.9 Å². The van der Waals surface area contributed by atoms with E-state index in [1.807, 2.05) is 32.3 Å². The molecule has 3 nitrogen and oxygen atoms in total. The number of allylic oxidation sites excluding steroid dienone is 1. The van der Waals surface area contributed by atoms with Crippen LogP contribution in [0, 0.1) is 0 Å². The minimum Gasteiger partial charge on any atom is -0.492 e. The first kappa shape index (κ1) is 26.1. The Kier molecular flexibility index (Phi) is 11.0. The molecular formula is C27H31BrClNO2. The van der Waals surface area contributed by atoms with Crippen molar-refractivity contribution in [3.8, 4) is 5.75 Å². The zero-order valence-corrected chi connectivity index (χ0v) is 21.0. The van der Waals surface area contributed by atoms with E-state index < -0.39 is 0 Å².